The van der Waals surface area contributed by atoms with Gasteiger partial charge < -0.3 is 15.0 Å². The lowest BCUT2D eigenvalue weighted by molar-refractivity contribution is -0.128. The Morgan fingerprint density at radius 3 is 2.87 bits per heavy atom. The molecule has 0 radical (unpaired) electrons. The summed E-state index contributed by atoms with van der Waals surface area (Å²) >= 11 is 0. The smallest absolute Gasteiger partial charge is 0.246 e. The van der Waals surface area contributed by atoms with Crippen LogP contribution in [0.1, 0.15) is 26.2 Å². The molecule has 2 amide bonds. The number of nitrogens with one attached hydrogen (secondary N) is 1. The van der Waals surface area contributed by atoms with E-state index in [0.717, 1.165) is 25.1 Å². The third kappa shape index (κ3) is 5.13. The standard InChI is InChI=1S/C18H24N2O3/c1-3-18(22)20-11-7-8-15(20)13-19-17(21)12-14(2)23-16-9-5-4-6-10-16/h3-6,9-10,14-15H,1,7-8,11-13H2,2H3,(H,19,21). The quantitative estimate of drug-likeness (QED) is 0.784. The van der Waals surface area contributed by atoms with Crippen LogP contribution < -0.4 is 10.1 Å². The first-order valence-electron chi connectivity index (χ1n) is 8.01. The van der Waals surface area contributed by atoms with E-state index < -0.39 is 0 Å². The van der Waals surface area contributed by atoms with Gasteiger partial charge in [0.25, 0.3) is 0 Å². The molecule has 0 saturated carbocycles. The zero-order valence-corrected chi connectivity index (χ0v) is 13.5. The largest absolute Gasteiger partial charge is 0.490 e. The van der Waals surface area contributed by atoms with Crippen molar-refractivity contribution in [3.8, 4) is 5.75 Å². The van der Waals surface area contributed by atoms with Crippen molar-refractivity contribution in [2.45, 2.75) is 38.3 Å². The molecule has 0 aliphatic carbocycles. The highest BCUT2D eigenvalue weighted by Crippen LogP contribution is 2.17. The van der Waals surface area contributed by atoms with Gasteiger partial charge in [-0.2, -0.15) is 0 Å². The van der Waals surface area contributed by atoms with Gasteiger partial charge in [0.15, 0.2) is 0 Å². The highest BCUT2D eigenvalue weighted by molar-refractivity contribution is 5.87. The number of benzene rings is 1. The van der Waals surface area contributed by atoms with Gasteiger partial charge in [-0.1, -0.05) is 24.8 Å². The van der Waals surface area contributed by atoms with Crippen LogP contribution in [0.3, 0.4) is 0 Å². The molecule has 2 rings (SSSR count). The van der Waals surface area contributed by atoms with E-state index in [-0.39, 0.29) is 30.4 Å². The van der Waals surface area contributed by atoms with Crippen LogP contribution in [0.25, 0.3) is 0 Å². The maximum Gasteiger partial charge on any atom is 0.246 e. The number of likely N-dealkylation sites (tertiary alicyclic amines) is 1. The number of amides is 2. The second-order valence-corrected chi connectivity index (χ2v) is 5.78. The molecule has 1 aliphatic heterocycles. The van der Waals surface area contributed by atoms with Crippen molar-refractivity contribution >= 4 is 11.8 Å². The number of nitrogens with zero attached hydrogens (tertiary/aromatic N) is 1. The molecule has 1 aliphatic rings. The van der Waals surface area contributed by atoms with E-state index in [0.29, 0.717) is 6.54 Å². The zero-order valence-electron chi connectivity index (χ0n) is 13.5. The summed E-state index contributed by atoms with van der Waals surface area (Å²) in [6.45, 7) is 6.61. The van der Waals surface area contributed by atoms with Gasteiger partial charge in [0.05, 0.1) is 6.42 Å². The first kappa shape index (κ1) is 17.1. The van der Waals surface area contributed by atoms with E-state index in [9.17, 15) is 9.59 Å². The van der Waals surface area contributed by atoms with Gasteiger partial charge in [-0.25, -0.2) is 0 Å². The molecule has 2 unspecified atom stereocenters. The topological polar surface area (TPSA) is 58.6 Å². The Labute approximate surface area is 137 Å². The Kier molecular flexibility index (Phi) is 6.20. The molecule has 5 heteroatoms. The van der Waals surface area contributed by atoms with Gasteiger partial charge in [-0.15, -0.1) is 0 Å². The molecule has 0 bridgehead atoms. The molecule has 1 N–H and O–H groups in total. The Bertz CT molecular complexity index is 544. The minimum Gasteiger partial charge on any atom is -0.490 e. The Morgan fingerprint density at radius 1 is 1.43 bits per heavy atom. The second-order valence-electron chi connectivity index (χ2n) is 5.78. The average molecular weight is 316 g/mol. The predicted molar refractivity (Wildman–Crippen MR) is 89.1 cm³/mol. The molecule has 2 atom stereocenters. The van der Waals surface area contributed by atoms with Crippen molar-refractivity contribution < 1.29 is 14.3 Å². The number of carbonyl (C=O) groups is 2. The van der Waals surface area contributed by atoms with E-state index in [1.54, 1.807) is 4.90 Å². The zero-order chi connectivity index (χ0) is 16.7. The fraction of sp³-hybridized carbons (Fsp3) is 0.444. The van der Waals surface area contributed by atoms with Crippen molar-refractivity contribution in [2.75, 3.05) is 13.1 Å². The van der Waals surface area contributed by atoms with Crippen LogP contribution in [0.15, 0.2) is 43.0 Å². The SMILES string of the molecule is C=CC(=O)N1CCCC1CNC(=O)CC(C)Oc1ccccc1. The van der Waals surface area contributed by atoms with Gasteiger partial charge in [0.2, 0.25) is 11.8 Å². The van der Waals surface area contributed by atoms with Gasteiger partial charge in [0, 0.05) is 19.1 Å². The summed E-state index contributed by atoms with van der Waals surface area (Å²) in [5.74, 6) is 0.625. The van der Waals surface area contributed by atoms with Crippen LogP contribution >= 0.6 is 0 Å². The lowest BCUT2D eigenvalue weighted by atomic mass is 10.2. The van der Waals surface area contributed by atoms with E-state index in [1.807, 2.05) is 37.3 Å². The number of rotatable bonds is 7. The van der Waals surface area contributed by atoms with Crippen LogP contribution in [0.5, 0.6) is 5.75 Å². The van der Waals surface area contributed by atoms with Crippen LogP contribution in [-0.4, -0.2) is 41.9 Å². The fourth-order valence-corrected chi connectivity index (χ4v) is 2.79. The number of hydrogen-bond acceptors (Lipinski definition) is 3. The van der Waals surface area contributed by atoms with Crippen LogP contribution in [0.4, 0.5) is 0 Å². The van der Waals surface area contributed by atoms with Crippen molar-refractivity contribution in [1.29, 1.82) is 0 Å². The number of hydrogen-bond donors (Lipinski definition) is 1. The summed E-state index contributed by atoms with van der Waals surface area (Å²) in [7, 11) is 0. The molecule has 1 aromatic rings. The molecule has 0 spiro atoms. The minimum atomic E-state index is -0.202. The summed E-state index contributed by atoms with van der Waals surface area (Å²) in [5.41, 5.74) is 0. The first-order valence-corrected chi connectivity index (χ1v) is 8.01. The van der Waals surface area contributed by atoms with Gasteiger partial charge in [0.1, 0.15) is 11.9 Å². The third-order valence-corrected chi connectivity index (χ3v) is 3.92. The first-order chi connectivity index (χ1) is 11.1. The molecule has 1 fully saturated rings. The molecule has 23 heavy (non-hydrogen) atoms. The Hall–Kier alpha value is -2.30. The maximum absolute atomic E-state index is 12.0. The van der Waals surface area contributed by atoms with E-state index in [1.165, 1.54) is 6.08 Å². The third-order valence-electron chi connectivity index (χ3n) is 3.92. The van der Waals surface area contributed by atoms with Crippen LogP contribution in [-0.2, 0) is 9.59 Å². The molecular formula is C18H24N2O3. The summed E-state index contributed by atoms with van der Waals surface area (Å²) in [6, 6.07) is 9.51. The highest BCUT2D eigenvalue weighted by Gasteiger charge is 2.27. The monoisotopic (exact) mass is 316 g/mol. The molecule has 124 valence electrons. The lowest BCUT2D eigenvalue weighted by Gasteiger charge is -2.24. The van der Waals surface area contributed by atoms with E-state index in [4.69, 9.17) is 4.74 Å². The van der Waals surface area contributed by atoms with Crippen molar-refractivity contribution in [3.05, 3.63) is 43.0 Å². The molecule has 1 saturated heterocycles. The highest BCUT2D eigenvalue weighted by atomic mass is 16.5. The second kappa shape index (κ2) is 8.36. The fourth-order valence-electron chi connectivity index (χ4n) is 2.79. The summed E-state index contributed by atoms with van der Waals surface area (Å²) in [6.07, 6.45) is 3.29. The van der Waals surface area contributed by atoms with Crippen LogP contribution in [0.2, 0.25) is 0 Å². The average Bonchev–Trinajstić information content (AvgIpc) is 3.01. The lowest BCUT2D eigenvalue weighted by Crippen LogP contribution is -2.43. The summed E-state index contributed by atoms with van der Waals surface area (Å²) in [4.78, 5) is 25.5. The number of ether oxygens (including phenoxy) is 1. The number of para-hydroxylation sites is 1. The summed E-state index contributed by atoms with van der Waals surface area (Å²) in [5, 5.41) is 2.90. The van der Waals surface area contributed by atoms with Crippen molar-refractivity contribution in [3.63, 3.8) is 0 Å². The maximum atomic E-state index is 12.0. The summed E-state index contributed by atoms with van der Waals surface area (Å²) < 4.78 is 5.69. The number of carbonyl (C=O) groups excluding carboxylic acids is 2. The van der Waals surface area contributed by atoms with Crippen molar-refractivity contribution in [2.24, 2.45) is 0 Å². The van der Waals surface area contributed by atoms with Crippen molar-refractivity contribution in [1.82, 2.24) is 10.2 Å². The minimum absolute atomic E-state index is 0.0636. The molecule has 0 aromatic heterocycles. The van der Waals surface area contributed by atoms with Crippen LogP contribution in [0, 0.1) is 0 Å². The van der Waals surface area contributed by atoms with E-state index >= 15 is 0 Å². The predicted octanol–water partition coefficient (Wildman–Crippen LogP) is 2.14. The van der Waals surface area contributed by atoms with Gasteiger partial charge in [-0.05, 0) is 38.0 Å². The molecule has 5 nitrogen and oxygen atoms in total. The van der Waals surface area contributed by atoms with Gasteiger partial charge in [-0.3, -0.25) is 9.59 Å². The normalized spacial score (nSPS) is 18.3. The molecule has 1 heterocycles. The van der Waals surface area contributed by atoms with Gasteiger partial charge >= 0.3 is 0 Å². The molecular weight excluding hydrogens is 292 g/mol. The van der Waals surface area contributed by atoms with E-state index in [2.05, 4.69) is 11.9 Å². The molecule has 1 aromatic carbocycles. The Morgan fingerprint density at radius 2 is 2.17 bits per heavy atom. The Balaban J connectivity index is 1.74.